The third-order valence-electron chi connectivity index (χ3n) is 2.80. The first-order valence-electron chi connectivity index (χ1n) is 5.12. The summed E-state index contributed by atoms with van der Waals surface area (Å²) < 4.78 is 0. The van der Waals surface area contributed by atoms with Crippen LogP contribution in [0.1, 0.15) is 30.4 Å². The van der Waals surface area contributed by atoms with Crippen LogP contribution in [-0.2, 0) is 12.8 Å². The maximum Gasteiger partial charge on any atom is 0.220 e. The van der Waals surface area contributed by atoms with Crippen LogP contribution in [0, 0.1) is 0 Å². The van der Waals surface area contributed by atoms with E-state index in [1.807, 2.05) is 6.07 Å². The van der Waals surface area contributed by atoms with Gasteiger partial charge < -0.3 is 5.11 Å². The maximum absolute atomic E-state index is 11.4. The Morgan fingerprint density at radius 1 is 1.00 bits per heavy atom. The van der Waals surface area contributed by atoms with Crippen LogP contribution in [0.15, 0.2) is 23.0 Å². The summed E-state index contributed by atoms with van der Waals surface area (Å²) in [5.41, 5.74) is 2.08. The van der Waals surface area contributed by atoms with Gasteiger partial charge in [-0.05, 0) is 48.9 Å². The molecule has 2 rings (SSSR count). The Morgan fingerprint density at radius 2 is 1.71 bits per heavy atom. The van der Waals surface area contributed by atoms with Crippen molar-refractivity contribution < 1.29 is 5.11 Å². The molecule has 14 heavy (non-hydrogen) atoms. The lowest BCUT2D eigenvalue weighted by Gasteiger charge is -1.97. The summed E-state index contributed by atoms with van der Waals surface area (Å²) in [7, 11) is 0. The lowest BCUT2D eigenvalue weighted by atomic mass is 10.1. The van der Waals surface area contributed by atoms with E-state index in [1.165, 1.54) is 24.5 Å². The van der Waals surface area contributed by atoms with Gasteiger partial charge in [-0.15, -0.1) is 0 Å². The minimum atomic E-state index is -0.256. The van der Waals surface area contributed by atoms with Crippen LogP contribution in [0.2, 0.25) is 0 Å². The first kappa shape index (κ1) is 9.25. The number of fused-ring (bicyclic) bond motifs is 1. The van der Waals surface area contributed by atoms with Crippen molar-refractivity contribution >= 4 is 0 Å². The van der Waals surface area contributed by atoms with Gasteiger partial charge in [0.2, 0.25) is 5.43 Å². The van der Waals surface area contributed by atoms with Gasteiger partial charge in [0, 0.05) is 0 Å². The molecular weight excluding hydrogens is 176 g/mol. The Labute approximate surface area is 83.2 Å². The zero-order chi connectivity index (χ0) is 9.97. The highest BCUT2D eigenvalue weighted by Gasteiger charge is 2.07. The highest BCUT2D eigenvalue weighted by atomic mass is 16.3. The smallest absolute Gasteiger partial charge is 0.220 e. The van der Waals surface area contributed by atoms with Crippen molar-refractivity contribution in [2.45, 2.75) is 32.1 Å². The van der Waals surface area contributed by atoms with Crippen LogP contribution >= 0.6 is 0 Å². The normalized spacial score (nSPS) is 15.7. The lowest BCUT2D eigenvalue weighted by molar-refractivity contribution is 0.471. The van der Waals surface area contributed by atoms with Crippen LogP contribution < -0.4 is 5.43 Å². The van der Waals surface area contributed by atoms with Gasteiger partial charge in [0.15, 0.2) is 5.75 Å². The SMILES string of the molecule is O=c1cc2c(ccc1O)CCCCC2. The molecule has 1 aromatic rings. The van der Waals surface area contributed by atoms with Gasteiger partial charge in [-0.3, -0.25) is 4.79 Å². The molecule has 0 aliphatic heterocycles. The van der Waals surface area contributed by atoms with E-state index in [-0.39, 0.29) is 11.2 Å². The van der Waals surface area contributed by atoms with E-state index in [1.54, 1.807) is 6.07 Å². The van der Waals surface area contributed by atoms with Crippen molar-refractivity contribution in [3.63, 3.8) is 0 Å². The Balaban J connectivity index is 2.56. The molecule has 0 heterocycles. The minimum absolute atomic E-state index is 0.141. The van der Waals surface area contributed by atoms with Gasteiger partial charge in [0.1, 0.15) is 0 Å². The van der Waals surface area contributed by atoms with Gasteiger partial charge in [-0.2, -0.15) is 0 Å². The monoisotopic (exact) mass is 190 g/mol. The summed E-state index contributed by atoms with van der Waals surface area (Å²) >= 11 is 0. The quantitative estimate of drug-likeness (QED) is 0.635. The summed E-state index contributed by atoms with van der Waals surface area (Å²) in [6.45, 7) is 0. The molecule has 0 bridgehead atoms. The van der Waals surface area contributed by atoms with Crippen molar-refractivity contribution in [3.8, 4) is 5.75 Å². The van der Waals surface area contributed by atoms with E-state index >= 15 is 0 Å². The van der Waals surface area contributed by atoms with Gasteiger partial charge in [-0.25, -0.2) is 0 Å². The number of rotatable bonds is 0. The summed E-state index contributed by atoms with van der Waals surface area (Å²) in [4.78, 5) is 11.4. The van der Waals surface area contributed by atoms with E-state index in [9.17, 15) is 9.90 Å². The lowest BCUT2D eigenvalue weighted by Crippen LogP contribution is -1.96. The first-order chi connectivity index (χ1) is 6.77. The van der Waals surface area contributed by atoms with Crippen molar-refractivity contribution in [1.82, 2.24) is 0 Å². The van der Waals surface area contributed by atoms with Crippen LogP contribution in [-0.4, -0.2) is 5.11 Å². The average Bonchev–Trinajstić information content (AvgIpc) is 2.45. The number of aromatic hydroxyl groups is 1. The summed E-state index contributed by atoms with van der Waals surface area (Å²) in [5.74, 6) is -0.141. The molecule has 0 amide bonds. The molecule has 1 aliphatic carbocycles. The molecule has 0 unspecified atom stereocenters. The van der Waals surface area contributed by atoms with Gasteiger partial charge in [0.25, 0.3) is 0 Å². The fourth-order valence-corrected chi connectivity index (χ4v) is 1.98. The van der Waals surface area contributed by atoms with Crippen molar-refractivity contribution in [1.29, 1.82) is 0 Å². The van der Waals surface area contributed by atoms with E-state index in [0.29, 0.717) is 0 Å². The Bertz CT molecular complexity index is 396. The van der Waals surface area contributed by atoms with Crippen LogP contribution in [0.25, 0.3) is 0 Å². The fraction of sp³-hybridized carbons (Fsp3) is 0.417. The van der Waals surface area contributed by atoms with Crippen molar-refractivity contribution in [3.05, 3.63) is 39.5 Å². The third-order valence-corrected chi connectivity index (χ3v) is 2.80. The third kappa shape index (κ3) is 1.79. The fourth-order valence-electron chi connectivity index (χ4n) is 1.98. The molecule has 0 fully saturated rings. The van der Waals surface area contributed by atoms with Gasteiger partial charge >= 0.3 is 0 Å². The van der Waals surface area contributed by atoms with Crippen LogP contribution in [0.3, 0.4) is 0 Å². The van der Waals surface area contributed by atoms with E-state index in [4.69, 9.17) is 0 Å². The molecule has 1 aliphatic rings. The number of hydrogen-bond acceptors (Lipinski definition) is 2. The Morgan fingerprint density at radius 3 is 2.50 bits per heavy atom. The molecule has 0 saturated heterocycles. The molecule has 1 aromatic carbocycles. The molecule has 0 atom stereocenters. The molecule has 0 radical (unpaired) electrons. The zero-order valence-electron chi connectivity index (χ0n) is 8.12. The average molecular weight is 190 g/mol. The Hall–Kier alpha value is -1.31. The molecule has 74 valence electrons. The van der Waals surface area contributed by atoms with Crippen LogP contribution in [0.4, 0.5) is 0 Å². The summed E-state index contributed by atoms with van der Waals surface area (Å²) in [5, 5.41) is 9.30. The van der Waals surface area contributed by atoms with Crippen molar-refractivity contribution in [2.24, 2.45) is 0 Å². The number of hydrogen-bond donors (Lipinski definition) is 1. The highest BCUT2D eigenvalue weighted by Crippen LogP contribution is 2.19. The minimum Gasteiger partial charge on any atom is -0.504 e. The van der Waals surface area contributed by atoms with E-state index < -0.39 is 0 Å². The molecule has 0 spiro atoms. The first-order valence-corrected chi connectivity index (χ1v) is 5.12. The second kappa shape index (κ2) is 3.82. The standard InChI is InChI=1S/C12H14O2/c13-11-7-6-9-4-2-1-3-5-10(9)8-12(11)14/h6-8H,1-5H2,(H,13,14). The van der Waals surface area contributed by atoms with E-state index in [2.05, 4.69) is 0 Å². The van der Waals surface area contributed by atoms with Crippen molar-refractivity contribution in [2.75, 3.05) is 0 Å². The summed E-state index contributed by atoms with van der Waals surface area (Å²) in [6.07, 6.45) is 5.57. The molecule has 2 nitrogen and oxygen atoms in total. The Kier molecular flexibility index (Phi) is 2.53. The molecule has 0 aromatic heterocycles. The second-order valence-electron chi connectivity index (χ2n) is 3.84. The van der Waals surface area contributed by atoms with Crippen LogP contribution in [0.5, 0.6) is 5.75 Å². The molecular formula is C12H14O2. The molecule has 2 heteroatoms. The zero-order valence-corrected chi connectivity index (χ0v) is 8.12. The summed E-state index contributed by atoms with van der Waals surface area (Å²) in [6, 6.07) is 5.00. The van der Waals surface area contributed by atoms with E-state index in [0.717, 1.165) is 24.8 Å². The van der Waals surface area contributed by atoms with Gasteiger partial charge in [-0.1, -0.05) is 12.5 Å². The number of aryl methyl sites for hydroxylation is 2. The molecule has 1 N–H and O–H groups in total. The molecule has 0 saturated carbocycles. The maximum atomic E-state index is 11.4. The van der Waals surface area contributed by atoms with Gasteiger partial charge in [0.05, 0.1) is 0 Å². The topological polar surface area (TPSA) is 37.3 Å². The predicted octanol–water partition coefficient (Wildman–Crippen LogP) is 2.02. The second-order valence-corrected chi connectivity index (χ2v) is 3.84. The predicted molar refractivity (Wildman–Crippen MR) is 55.6 cm³/mol. The highest BCUT2D eigenvalue weighted by molar-refractivity contribution is 5.32. The largest absolute Gasteiger partial charge is 0.504 e.